The molecule has 0 aliphatic carbocycles. The largest absolute Gasteiger partial charge is 0.357 e. The Morgan fingerprint density at radius 3 is 2.72 bits per heavy atom. The molecular weight excluding hydrogens is 290 g/mol. The summed E-state index contributed by atoms with van der Waals surface area (Å²) in [6.07, 6.45) is 0. The van der Waals surface area contributed by atoms with Crippen LogP contribution < -0.4 is 0 Å². The van der Waals surface area contributed by atoms with Crippen LogP contribution in [-0.4, -0.2) is 48.0 Å². The third-order valence-electron chi connectivity index (χ3n) is 3.63. The number of aromatic nitrogens is 1. The van der Waals surface area contributed by atoms with E-state index in [0.717, 1.165) is 24.1 Å². The van der Waals surface area contributed by atoms with Gasteiger partial charge in [0.1, 0.15) is 0 Å². The molecule has 18 heavy (non-hydrogen) atoms. The van der Waals surface area contributed by atoms with Gasteiger partial charge in [0.25, 0.3) is 0 Å². The molecule has 0 saturated carbocycles. The zero-order valence-electron chi connectivity index (χ0n) is 10.6. The van der Waals surface area contributed by atoms with E-state index >= 15 is 0 Å². The first-order valence-electron chi connectivity index (χ1n) is 6.39. The van der Waals surface area contributed by atoms with Crippen LogP contribution in [0.3, 0.4) is 0 Å². The fourth-order valence-corrected chi connectivity index (χ4v) is 2.85. The third kappa shape index (κ3) is 2.60. The molecule has 0 amide bonds. The van der Waals surface area contributed by atoms with E-state index in [4.69, 9.17) is 0 Å². The number of rotatable bonds is 2. The SMILES string of the molecule is CN1CCN(Cc2cc3ccc(Br)cc3[nH]2)CC1. The standard InChI is InChI=1S/C14H18BrN3/c1-17-4-6-18(7-5-17)10-13-8-11-2-3-12(15)9-14(11)16-13/h2-3,8-9,16H,4-7,10H2,1H3. The lowest BCUT2D eigenvalue weighted by Crippen LogP contribution is -2.43. The molecule has 2 aromatic rings. The van der Waals surface area contributed by atoms with Crippen molar-refractivity contribution in [2.75, 3.05) is 33.2 Å². The lowest BCUT2D eigenvalue weighted by atomic mass is 10.2. The van der Waals surface area contributed by atoms with Crippen molar-refractivity contribution in [3.8, 4) is 0 Å². The van der Waals surface area contributed by atoms with Crippen LogP contribution in [0.2, 0.25) is 0 Å². The number of aromatic amines is 1. The second-order valence-electron chi connectivity index (χ2n) is 5.11. The predicted molar refractivity (Wildman–Crippen MR) is 78.8 cm³/mol. The highest BCUT2D eigenvalue weighted by atomic mass is 79.9. The Balaban J connectivity index is 1.74. The number of nitrogens with zero attached hydrogens (tertiary/aromatic N) is 2. The van der Waals surface area contributed by atoms with Crippen molar-refractivity contribution in [2.24, 2.45) is 0 Å². The lowest BCUT2D eigenvalue weighted by molar-refractivity contribution is 0.147. The number of hydrogen-bond acceptors (Lipinski definition) is 2. The molecule has 0 bridgehead atoms. The topological polar surface area (TPSA) is 22.3 Å². The van der Waals surface area contributed by atoms with Gasteiger partial charge in [-0.1, -0.05) is 22.0 Å². The van der Waals surface area contributed by atoms with Crippen LogP contribution >= 0.6 is 15.9 Å². The molecule has 1 aliphatic rings. The zero-order chi connectivity index (χ0) is 12.5. The molecular formula is C14H18BrN3. The Morgan fingerprint density at radius 2 is 1.94 bits per heavy atom. The molecule has 0 spiro atoms. The van der Waals surface area contributed by atoms with Gasteiger partial charge in [-0.3, -0.25) is 4.90 Å². The van der Waals surface area contributed by atoms with Crippen LogP contribution in [0, 0.1) is 0 Å². The summed E-state index contributed by atoms with van der Waals surface area (Å²) in [4.78, 5) is 8.41. The Labute approximate surface area is 116 Å². The summed E-state index contributed by atoms with van der Waals surface area (Å²) in [5, 5.41) is 1.29. The van der Waals surface area contributed by atoms with Crippen LogP contribution in [0.4, 0.5) is 0 Å². The normalized spacial score (nSPS) is 18.6. The first-order valence-corrected chi connectivity index (χ1v) is 7.18. The van der Waals surface area contributed by atoms with Gasteiger partial charge in [0.05, 0.1) is 0 Å². The average Bonchev–Trinajstić information content (AvgIpc) is 2.73. The van der Waals surface area contributed by atoms with Crippen molar-refractivity contribution >= 4 is 26.8 Å². The van der Waals surface area contributed by atoms with E-state index in [9.17, 15) is 0 Å². The summed E-state index contributed by atoms with van der Waals surface area (Å²) in [6.45, 7) is 5.70. The molecule has 3 nitrogen and oxygen atoms in total. The van der Waals surface area contributed by atoms with Crippen molar-refractivity contribution in [2.45, 2.75) is 6.54 Å². The summed E-state index contributed by atoms with van der Waals surface area (Å²) >= 11 is 3.51. The van der Waals surface area contributed by atoms with Gasteiger partial charge in [-0.2, -0.15) is 0 Å². The Kier molecular flexibility index (Phi) is 3.41. The number of halogens is 1. The van der Waals surface area contributed by atoms with E-state index in [1.807, 2.05) is 0 Å². The number of H-pyrrole nitrogens is 1. The van der Waals surface area contributed by atoms with Gasteiger partial charge in [-0.25, -0.2) is 0 Å². The van der Waals surface area contributed by atoms with Crippen molar-refractivity contribution in [1.29, 1.82) is 0 Å². The molecule has 1 N–H and O–H groups in total. The average molecular weight is 308 g/mol. The predicted octanol–water partition coefficient (Wildman–Crippen LogP) is 2.68. The number of hydrogen-bond donors (Lipinski definition) is 1. The van der Waals surface area contributed by atoms with Crippen molar-refractivity contribution < 1.29 is 0 Å². The highest BCUT2D eigenvalue weighted by Gasteiger charge is 2.14. The number of fused-ring (bicyclic) bond motifs is 1. The number of benzene rings is 1. The minimum atomic E-state index is 1.03. The van der Waals surface area contributed by atoms with Crippen LogP contribution in [0.5, 0.6) is 0 Å². The molecule has 2 heterocycles. The fourth-order valence-electron chi connectivity index (χ4n) is 2.49. The third-order valence-corrected chi connectivity index (χ3v) is 4.12. The van der Waals surface area contributed by atoms with Gasteiger partial charge in [0.2, 0.25) is 0 Å². The maximum absolute atomic E-state index is 3.51. The van der Waals surface area contributed by atoms with Crippen LogP contribution in [-0.2, 0) is 6.54 Å². The van der Waals surface area contributed by atoms with E-state index in [2.05, 4.69) is 62.0 Å². The molecule has 1 saturated heterocycles. The number of likely N-dealkylation sites (N-methyl/N-ethyl adjacent to an activating group) is 1. The summed E-state index contributed by atoms with van der Waals surface area (Å²) in [5.74, 6) is 0. The maximum Gasteiger partial charge on any atom is 0.0467 e. The van der Waals surface area contributed by atoms with Crippen LogP contribution in [0.1, 0.15) is 5.69 Å². The molecule has 0 unspecified atom stereocenters. The molecule has 1 aromatic heterocycles. The van der Waals surface area contributed by atoms with Gasteiger partial charge < -0.3 is 9.88 Å². The minimum absolute atomic E-state index is 1.03. The van der Waals surface area contributed by atoms with Crippen LogP contribution in [0.25, 0.3) is 10.9 Å². The second-order valence-corrected chi connectivity index (χ2v) is 6.02. The lowest BCUT2D eigenvalue weighted by Gasteiger charge is -2.31. The molecule has 0 radical (unpaired) electrons. The molecule has 96 valence electrons. The van der Waals surface area contributed by atoms with Gasteiger partial charge in [-0.05, 0) is 30.6 Å². The molecule has 1 fully saturated rings. The van der Waals surface area contributed by atoms with Gasteiger partial charge in [0.15, 0.2) is 0 Å². The number of nitrogens with one attached hydrogen (secondary N) is 1. The molecule has 1 aliphatic heterocycles. The summed E-state index contributed by atoms with van der Waals surface area (Å²) in [5.41, 5.74) is 2.53. The summed E-state index contributed by atoms with van der Waals surface area (Å²) in [7, 11) is 2.19. The monoisotopic (exact) mass is 307 g/mol. The van der Waals surface area contributed by atoms with Crippen LogP contribution in [0.15, 0.2) is 28.7 Å². The van der Waals surface area contributed by atoms with Gasteiger partial charge in [0, 0.05) is 48.4 Å². The first-order chi connectivity index (χ1) is 8.70. The molecule has 3 rings (SSSR count). The van der Waals surface area contributed by atoms with E-state index in [1.165, 1.54) is 29.7 Å². The van der Waals surface area contributed by atoms with E-state index in [1.54, 1.807) is 0 Å². The van der Waals surface area contributed by atoms with Crippen molar-refractivity contribution in [3.05, 3.63) is 34.4 Å². The summed E-state index contributed by atoms with van der Waals surface area (Å²) in [6, 6.07) is 8.65. The Bertz CT molecular complexity index is 541. The minimum Gasteiger partial charge on any atom is -0.357 e. The molecule has 1 aromatic carbocycles. The quantitative estimate of drug-likeness (QED) is 0.921. The van der Waals surface area contributed by atoms with Crippen molar-refractivity contribution in [3.63, 3.8) is 0 Å². The van der Waals surface area contributed by atoms with Crippen molar-refractivity contribution in [1.82, 2.24) is 14.8 Å². The first kappa shape index (κ1) is 12.2. The number of piperazine rings is 1. The second kappa shape index (κ2) is 5.03. The Morgan fingerprint density at radius 1 is 1.17 bits per heavy atom. The molecule has 0 atom stereocenters. The highest BCUT2D eigenvalue weighted by molar-refractivity contribution is 9.10. The van der Waals surface area contributed by atoms with E-state index < -0.39 is 0 Å². The summed E-state index contributed by atoms with van der Waals surface area (Å²) < 4.78 is 1.13. The zero-order valence-corrected chi connectivity index (χ0v) is 12.2. The van der Waals surface area contributed by atoms with Gasteiger partial charge in [-0.15, -0.1) is 0 Å². The maximum atomic E-state index is 3.51. The molecule has 4 heteroatoms. The van der Waals surface area contributed by atoms with Gasteiger partial charge >= 0.3 is 0 Å². The smallest absolute Gasteiger partial charge is 0.0467 e. The van der Waals surface area contributed by atoms with E-state index in [0.29, 0.717) is 0 Å². The highest BCUT2D eigenvalue weighted by Crippen LogP contribution is 2.21. The Hall–Kier alpha value is -0.840. The van der Waals surface area contributed by atoms with E-state index in [-0.39, 0.29) is 0 Å². The fraction of sp³-hybridized carbons (Fsp3) is 0.429.